The molecule has 4 aromatic rings. The molecular formula is C23H27N5O5S2. The van der Waals surface area contributed by atoms with Crippen molar-refractivity contribution in [3.8, 4) is 0 Å². The highest BCUT2D eigenvalue weighted by Crippen LogP contribution is 2.33. The Morgan fingerprint density at radius 2 is 1.71 bits per heavy atom. The molecular weight excluding hydrogens is 490 g/mol. The number of hydrogen-bond donors (Lipinski definition) is 0. The van der Waals surface area contributed by atoms with Crippen LogP contribution < -0.4 is 5.01 Å². The molecule has 0 unspecified atom stereocenters. The summed E-state index contributed by atoms with van der Waals surface area (Å²) in [5, 5.41) is 2.81. The van der Waals surface area contributed by atoms with Gasteiger partial charge in [-0.3, -0.25) is 4.18 Å². The van der Waals surface area contributed by atoms with Crippen LogP contribution in [0.1, 0.15) is 25.3 Å². The zero-order valence-electron chi connectivity index (χ0n) is 19.7. The van der Waals surface area contributed by atoms with E-state index in [1.165, 1.54) is 10.2 Å². The summed E-state index contributed by atoms with van der Waals surface area (Å²) < 4.78 is 57.7. The number of fused-ring (bicyclic) bond motifs is 3. The molecule has 12 heteroatoms. The maximum atomic E-state index is 13.3. The molecule has 10 nitrogen and oxygen atoms in total. The lowest BCUT2D eigenvalue weighted by Gasteiger charge is -2.40. The van der Waals surface area contributed by atoms with Crippen molar-refractivity contribution in [2.75, 3.05) is 31.0 Å². The Kier molecular flexibility index (Phi) is 5.65. The molecule has 0 radical (unpaired) electrons. The van der Waals surface area contributed by atoms with Gasteiger partial charge in [0.05, 0.1) is 24.0 Å². The number of hydrogen-bond acceptors (Lipinski definition) is 8. The first-order chi connectivity index (χ1) is 16.5. The summed E-state index contributed by atoms with van der Waals surface area (Å²) >= 11 is 0. The van der Waals surface area contributed by atoms with Gasteiger partial charge in [-0.25, -0.2) is 27.0 Å². The third-order valence-corrected chi connectivity index (χ3v) is 8.85. The van der Waals surface area contributed by atoms with E-state index in [0.29, 0.717) is 29.6 Å². The average Bonchev–Trinajstić information content (AvgIpc) is 3.43. The fourth-order valence-corrected chi connectivity index (χ4v) is 6.22. The lowest BCUT2D eigenvalue weighted by Crippen LogP contribution is -2.46. The summed E-state index contributed by atoms with van der Waals surface area (Å²) in [5.74, 6) is 0. The standard InChI is InChI=1S/C23H27N5O5S2/c1-17-4-6-18(7-5-17)35(31,32)28-11-8-19-21-20(14-24-22(19)28)25-16-27(21)26-12-9-23(2,10-13-26)15-33-34(3,29)30/h4-8,11,14,16H,9-10,12-13,15H2,1-3H3. The fraction of sp³-hybridized carbons (Fsp3) is 0.391. The molecule has 0 atom stereocenters. The number of imidazole rings is 1. The molecule has 1 aliphatic heterocycles. The second-order valence-corrected chi connectivity index (χ2v) is 12.9. The monoisotopic (exact) mass is 517 g/mol. The molecule has 0 amide bonds. The fourth-order valence-electron chi connectivity index (χ4n) is 4.42. The number of aryl methyl sites for hydroxylation is 1. The summed E-state index contributed by atoms with van der Waals surface area (Å²) in [6, 6.07) is 8.48. The molecule has 186 valence electrons. The molecule has 1 fully saturated rings. The van der Waals surface area contributed by atoms with Crippen LogP contribution in [0.2, 0.25) is 0 Å². The van der Waals surface area contributed by atoms with Crippen molar-refractivity contribution < 1.29 is 21.0 Å². The molecule has 0 aliphatic carbocycles. The highest BCUT2D eigenvalue weighted by atomic mass is 32.2. The van der Waals surface area contributed by atoms with Gasteiger partial charge in [0.25, 0.3) is 20.1 Å². The third kappa shape index (κ3) is 4.41. The Labute approximate surface area is 204 Å². The molecule has 0 saturated carbocycles. The lowest BCUT2D eigenvalue weighted by molar-refractivity contribution is 0.130. The van der Waals surface area contributed by atoms with E-state index in [4.69, 9.17) is 4.18 Å². The largest absolute Gasteiger partial charge is 0.311 e. The first-order valence-electron chi connectivity index (χ1n) is 11.2. The molecule has 4 heterocycles. The third-order valence-electron chi connectivity index (χ3n) is 6.62. The van der Waals surface area contributed by atoms with Gasteiger partial charge in [0.15, 0.2) is 5.65 Å². The number of nitrogens with zero attached hydrogens (tertiary/aromatic N) is 5. The van der Waals surface area contributed by atoms with Crippen LogP contribution in [0.4, 0.5) is 0 Å². The Morgan fingerprint density at radius 1 is 1.03 bits per heavy atom. The number of rotatable bonds is 6. The predicted octanol–water partition coefficient (Wildman–Crippen LogP) is 2.65. The first-order valence-corrected chi connectivity index (χ1v) is 14.5. The summed E-state index contributed by atoms with van der Waals surface area (Å²) in [4.78, 5) is 9.10. The van der Waals surface area contributed by atoms with Crippen molar-refractivity contribution in [3.63, 3.8) is 0 Å². The number of aromatic nitrogens is 4. The van der Waals surface area contributed by atoms with Crippen molar-refractivity contribution in [2.24, 2.45) is 5.41 Å². The second-order valence-electron chi connectivity index (χ2n) is 9.48. The van der Waals surface area contributed by atoms with E-state index in [1.54, 1.807) is 42.9 Å². The van der Waals surface area contributed by atoms with E-state index in [2.05, 4.69) is 15.0 Å². The summed E-state index contributed by atoms with van der Waals surface area (Å²) in [6.45, 7) is 5.42. The van der Waals surface area contributed by atoms with Gasteiger partial charge in [-0.05, 0) is 43.4 Å². The van der Waals surface area contributed by atoms with E-state index in [-0.39, 0.29) is 16.9 Å². The molecule has 1 aliphatic rings. The molecule has 0 spiro atoms. The minimum absolute atomic E-state index is 0.151. The molecule has 1 saturated heterocycles. The van der Waals surface area contributed by atoms with Crippen LogP contribution in [0.5, 0.6) is 0 Å². The van der Waals surface area contributed by atoms with Crippen molar-refractivity contribution in [1.29, 1.82) is 0 Å². The minimum atomic E-state index is -3.81. The zero-order chi connectivity index (χ0) is 25.0. The highest BCUT2D eigenvalue weighted by Gasteiger charge is 2.32. The number of piperidine rings is 1. The topological polar surface area (TPSA) is 116 Å². The molecule has 1 aromatic carbocycles. The quantitative estimate of drug-likeness (QED) is 0.359. The van der Waals surface area contributed by atoms with E-state index < -0.39 is 20.1 Å². The Hall–Kier alpha value is -2.96. The molecule has 35 heavy (non-hydrogen) atoms. The summed E-state index contributed by atoms with van der Waals surface area (Å²) in [5.41, 5.74) is 2.51. The van der Waals surface area contributed by atoms with E-state index >= 15 is 0 Å². The van der Waals surface area contributed by atoms with Gasteiger partial charge < -0.3 is 5.01 Å². The minimum Gasteiger partial charge on any atom is -0.311 e. The Balaban J connectivity index is 1.48. The van der Waals surface area contributed by atoms with E-state index in [0.717, 1.165) is 30.2 Å². The van der Waals surface area contributed by atoms with Gasteiger partial charge in [-0.1, -0.05) is 24.6 Å². The normalized spacial score (nSPS) is 16.8. The smallest absolute Gasteiger partial charge is 0.269 e. The van der Waals surface area contributed by atoms with Gasteiger partial charge in [0.2, 0.25) is 0 Å². The van der Waals surface area contributed by atoms with Gasteiger partial charge in [0.1, 0.15) is 17.4 Å². The van der Waals surface area contributed by atoms with Crippen molar-refractivity contribution in [1.82, 2.24) is 18.6 Å². The predicted molar refractivity (Wildman–Crippen MR) is 133 cm³/mol. The average molecular weight is 518 g/mol. The van der Waals surface area contributed by atoms with Crippen LogP contribution in [0.3, 0.4) is 0 Å². The summed E-state index contributed by atoms with van der Waals surface area (Å²) in [6.07, 6.45) is 7.36. The number of benzene rings is 1. The van der Waals surface area contributed by atoms with Crippen molar-refractivity contribution >= 4 is 42.2 Å². The van der Waals surface area contributed by atoms with Crippen LogP contribution in [-0.4, -0.2) is 61.4 Å². The van der Waals surface area contributed by atoms with E-state index in [1.807, 2.05) is 18.5 Å². The van der Waals surface area contributed by atoms with Crippen molar-refractivity contribution in [3.05, 3.63) is 54.6 Å². The second kappa shape index (κ2) is 8.32. The number of pyridine rings is 1. The zero-order valence-corrected chi connectivity index (χ0v) is 21.4. The van der Waals surface area contributed by atoms with Gasteiger partial charge >= 0.3 is 0 Å². The molecule has 0 N–H and O–H groups in total. The first kappa shape index (κ1) is 23.8. The highest BCUT2D eigenvalue weighted by molar-refractivity contribution is 7.90. The van der Waals surface area contributed by atoms with E-state index in [9.17, 15) is 16.8 Å². The molecule has 5 rings (SSSR count). The Morgan fingerprint density at radius 3 is 2.37 bits per heavy atom. The van der Waals surface area contributed by atoms with Crippen LogP contribution in [0, 0.1) is 12.3 Å². The molecule has 0 bridgehead atoms. The van der Waals surface area contributed by atoms with Crippen LogP contribution >= 0.6 is 0 Å². The maximum Gasteiger partial charge on any atom is 0.269 e. The van der Waals surface area contributed by atoms with Crippen LogP contribution in [0.15, 0.2) is 53.9 Å². The van der Waals surface area contributed by atoms with Gasteiger partial charge in [0, 0.05) is 24.7 Å². The van der Waals surface area contributed by atoms with Gasteiger partial charge in [-0.2, -0.15) is 8.42 Å². The summed E-state index contributed by atoms with van der Waals surface area (Å²) in [7, 11) is -7.31. The SMILES string of the molecule is Cc1ccc(S(=O)(=O)n2ccc3c4c(cnc32)ncn4N2CCC(C)(COS(C)(=O)=O)CC2)cc1. The lowest BCUT2D eigenvalue weighted by atomic mass is 9.82. The van der Waals surface area contributed by atoms with Gasteiger partial charge in [-0.15, -0.1) is 0 Å². The van der Waals surface area contributed by atoms with Crippen LogP contribution in [-0.2, 0) is 24.3 Å². The maximum absolute atomic E-state index is 13.3. The van der Waals surface area contributed by atoms with Crippen LogP contribution in [0.25, 0.3) is 22.1 Å². The Bertz CT molecular complexity index is 1610. The molecule has 3 aromatic heterocycles. The van der Waals surface area contributed by atoms with Crippen molar-refractivity contribution in [2.45, 2.75) is 31.6 Å².